The molecule has 0 aromatic rings. The second-order valence-electron chi connectivity index (χ2n) is 5.74. The fourth-order valence-corrected chi connectivity index (χ4v) is 3.18. The summed E-state index contributed by atoms with van der Waals surface area (Å²) in [4.78, 5) is 0. The van der Waals surface area contributed by atoms with Gasteiger partial charge in [-0.05, 0) is 24.2 Å². The number of hydrogen-bond acceptors (Lipinski definition) is 3. The Morgan fingerprint density at radius 2 is 1.78 bits per heavy atom. The second-order valence-corrected chi connectivity index (χ2v) is 5.74. The monoisotopic (exact) mass is 258 g/mol. The lowest BCUT2D eigenvalue weighted by Crippen LogP contribution is -2.37. The summed E-state index contributed by atoms with van der Waals surface area (Å²) in [6.45, 7) is 9.72. The zero-order valence-electron chi connectivity index (χ0n) is 12.5. The van der Waals surface area contributed by atoms with Crippen molar-refractivity contribution in [3.05, 3.63) is 0 Å². The molecule has 1 rings (SSSR count). The lowest BCUT2D eigenvalue weighted by molar-refractivity contribution is -0.0671. The van der Waals surface area contributed by atoms with Gasteiger partial charge in [0, 0.05) is 7.11 Å². The summed E-state index contributed by atoms with van der Waals surface area (Å²) in [5.41, 5.74) is 0. The molecule has 1 aliphatic rings. The largest absolute Gasteiger partial charge is 0.382 e. The predicted molar refractivity (Wildman–Crippen MR) is 73.8 cm³/mol. The molecule has 1 saturated carbocycles. The molecule has 0 aromatic heterocycles. The normalized spacial score (nSPS) is 28.8. The molecule has 0 N–H and O–H groups in total. The highest BCUT2D eigenvalue weighted by molar-refractivity contribution is 4.82. The molecular formula is C15H30O3. The summed E-state index contributed by atoms with van der Waals surface area (Å²) < 4.78 is 16.4. The Balaban J connectivity index is 2.22. The molecule has 0 spiro atoms. The van der Waals surface area contributed by atoms with Crippen LogP contribution in [0.15, 0.2) is 0 Å². The van der Waals surface area contributed by atoms with E-state index >= 15 is 0 Å². The first-order chi connectivity index (χ1) is 8.66. The molecule has 3 heteroatoms. The van der Waals surface area contributed by atoms with Crippen LogP contribution in [0.2, 0.25) is 0 Å². The third-order valence-corrected chi connectivity index (χ3v) is 4.00. The molecule has 0 aliphatic heterocycles. The minimum absolute atomic E-state index is 0.430. The minimum Gasteiger partial charge on any atom is -0.382 e. The fraction of sp³-hybridized carbons (Fsp3) is 1.00. The molecule has 3 atom stereocenters. The molecule has 1 aliphatic carbocycles. The van der Waals surface area contributed by atoms with Crippen LogP contribution in [0, 0.1) is 17.8 Å². The highest BCUT2D eigenvalue weighted by Gasteiger charge is 2.33. The first-order valence-electron chi connectivity index (χ1n) is 7.35. The molecule has 1 fully saturated rings. The summed E-state index contributed by atoms with van der Waals surface area (Å²) in [5.74, 6) is 2.20. The third kappa shape index (κ3) is 5.25. The molecule has 18 heavy (non-hydrogen) atoms. The Morgan fingerprint density at radius 1 is 1.06 bits per heavy atom. The van der Waals surface area contributed by atoms with Gasteiger partial charge in [0.25, 0.3) is 0 Å². The maximum absolute atomic E-state index is 6.04. The van der Waals surface area contributed by atoms with Gasteiger partial charge >= 0.3 is 0 Å². The second kappa shape index (κ2) is 8.89. The van der Waals surface area contributed by atoms with Crippen LogP contribution in [0.4, 0.5) is 0 Å². The number of methoxy groups -OCH3 is 1. The van der Waals surface area contributed by atoms with Crippen LogP contribution in [-0.2, 0) is 14.2 Å². The average molecular weight is 258 g/mol. The van der Waals surface area contributed by atoms with Crippen LogP contribution in [0.25, 0.3) is 0 Å². The van der Waals surface area contributed by atoms with Gasteiger partial charge in [-0.25, -0.2) is 0 Å². The van der Waals surface area contributed by atoms with Crippen molar-refractivity contribution >= 4 is 0 Å². The summed E-state index contributed by atoms with van der Waals surface area (Å²) >= 11 is 0. The van der Waals surface area contributed by atoms with Gasteiger partial charge in [-0.1, -0.05) is 33.6 Å². The Morgan fingerprint density at radius 3 is 2.44 bits per heavy atom. The van der Waals surface area contributed by atoms with Crippen LogP contribution < -0.4 is 0 Å². The Hall–Kier alpha value is -0.120. The first kappa shape index (κ1) is 15.9. The van der Waals surface area contributed by atoms with E-state index in [0.717, 1.165) is 5.92 Å². The van der Waals surface area contributed by atoms with Gasteiger partial charge < -0.3 is 14.2 Å². The van der Waals surface area contributed by atoms with Gasteiger partial charge in [-0.2, -0.15) is 0 Å². The predicted octanol–water partition coefficient (Wildman–Crippen LogP) is 3.13. The zero-order chi connectivity index (χ0) is 13.4. The summed E-state index contributed by atoms with van der Waals surface area (Å²) in [5, 5.41) is 0. The van der Waals surface area contributed by atoms with Crippen molar-refractivity contribution in [2.45, 2.75) is 46.1 Å². The molecule has 0 saturated heterocycles. The van der Waals surface area contributed by atoms with E-state index in [0.29, 0.717) is 44.4 Å². The van der Waals surface area contributed by atoms with Crippen LogP contribution in [0.5, 0.6) is 0 Å². The third-order valence-electron chi connectivity index (χ3n) is 4.00. The number of rotatable bonds is 8. The van der Waals surface area contributed by atoms with E-state index in [1.54, 1.807) is 7.11 Å². The number of hydrogen-bond donors (Lipinski definition) is 0. The van der Waals surface area contributed by atoms with Gasteiger partial charge in [-0.15, -0.1) is 0 Å². The zero-order valence-corrected chi connectivity index (χ0v) is 12.5. The molecular weight excluding hydrogens is 228 g/mol. The Bertz CT molecular complexity index is 206. The van der Waals surface area contributed by atoms with E-state index in [4.69, 9.17) is 14.2 Å². The van der Waals surface area contributed by atoms with Gasteiger partial charge in [0.1, 0.15) is 0 Å². The van der Waals surface area contributed by atoms with E-state index in [1.807, 2.05) is 0 Å². The molecule has 108 valence electrons. The maximum Gasteiger partial charge on any atom is 0.0704 e. The highest BCUT2D eigenvalue weighted by atomic mass is 16.5. The quantitative estimate of drug-likeness (QED) is 0.626. The van der Waals surface area contributed by atoms with Crippen LogP contribution >= 0.6 is 0 Å². The smallest absolute Gasteiger partial charge is 0.0704 e. The maximum atomic E-state index is 6.04. The SMILES string of the molecule is COCCOCCOC1CCCC(C)C1C(C)C. The van der Waals surface area contributed by atoms with E-state index < -0.39 is 0 Å². The van der Waals surface area contributed by atoms with Crippen molar-refractivity contribution in [1.29, 1.82) is 0 Å². The van der Waals surface area contributed by atoms with E-state index in [2.05, 4.69) is 20.8 Å². The molecule has 0 radical (unpaired) electrons. The lowest BCUT2D eigenvalue weighted by Gasteiger charge is -2.39. The average Bonchev–Trinajstić information content (AvgIpc) is 2.33. The molecule has 3 unspecified atom stereocenters. The molecule has 0 bridgehead atoms. The van der Waals surface area contributed by atoms with E-state index in [1.165, 1.54) is 19.3 Å². The lowest BCUT2D eigenvalue weighted by atomic mass is 9.72. The molecule has 0 amide bonds. The van der Waals surface area contributed by atoms with Crippen molar-refractivity contribution in [1.82, 2.24) is 0 Å². The van der Waals surface area contributed by atoms with Crippen molar-refractivity contribution in [2.24, 2.45) is 17.8 Å². The summed E-state index contributed by atoms with van der Waals surface area (Å²) in [6.07, 6.45) is 4.30. The van der Waals surface area contributed by atoms with Crippen LogP contribution in [0.3, 0.4) is 0 Å². The van der Waals surface area contributed by atoms with E-state index in [9.17, 15) is 0 Å². The van der Waals surface area contributed by atoms with Crippen molar-refractivity contribution in [3.63, 3.8) is 0 Å². The van der Waals surface area contributed by atoms with Crippen molar-refractivity contribution < 1.29 is 14.2 Å². The first-order valence-corrected chi connectivity index (χ1v) is 7.35. The molecule has 3 nitrogen and oxygen atoms in total. The topological polar surface area (TPSA) is 27.7 Å². The van der Waals surface area contributed by atoms with Gasteiger partial charge in [0.15, 0.2) is 0 Å². The van der Waals surface area contributed by atoms with Crippen LogP contribution in [-0.4, -0.2) is 39.6 Å². The van der Waals surface area contributed by atoms with E-state index in [-0.39, 0.29) is 0 Å². The van der Waals surface area contributed by atoms with Crippen LogP contribution in [0.1, 0.15) is 40.0 Å². The Labute approximate surface area is 112 Å². The van der Waals surface area contributed by atoms with Gasteiger partial charge in [0.05, 0.1) is 32.5 Å². The van der Waals surface area contributed by atoms with Gasteiger partial charge in [-0.3, -0.25) is 0 Å². The fourth-order valence-electron chi connectivity index (χ4n) is 3.18. The highest BCUT2D eigenvalue weighted by Crippen LogP contribution is 2.36. The number of ether oxygens (including phenoxy) is 3. The van der Waals surface area contributed by atoms with Gasteiger partial charge in [0.2, 0.25) is 0 Å². The molecule has 0 heterocycles. The van der Waals surface area contributed by atoms with Crippen molar-refractivity contribution in [2.75, 3.05) is 33.5 Å². The molecule has 0 aromatic carbocycles. The Kier molecular flexibility index (Phi) is 7.87. The standard InChI is InChI=1S/C15H30O3/c1-12(2)15-13(3)6-5-7-14(15)18-11-10-17-9-8-16-4/h12-15H,5-11H2,1-4H3. The minimum atomic E-state index is 0.430. The summed E-state index contributed by atoms with van der Waals surface area (Å²) in [6, 6.07) is 0. The summed E-state index contributed by atoms with van der Waals surface area (Å²) in [7, 11) is 1.69. The van der Waals surface area contributed by atoms with Crippen molar-refractivity contribution in [3.8, 4) is 0 Å².